The molecule has 2 aliphatic rings. The van der Waals surface area contributed by atoms with Gasteiger partial charge in [-0.1, -0.05) is 5.21 Å². The topological polar surface area (TPSA) is 89.3 Å². The number of rotatable bonds is 2. The zero-order chi connectivity index (χ0) is 13.3. The summed E-state index contributed by atoms with van der Waals surface area (Å²) in [5.41, 5.74) is -0.0605. The summed E-state index contributed by atoms with van der Waals surface area (Å²) in [7, 11) is 0. The zero-order valence-corrected chi connectivity index (χ0v) is 10.7. The first-order chi connectivity index (χ1) is 9.19. The number of ether oxygens (including phenoxy) is 1. The van der Waals surface area contributed by atoms with Crippen LogP contribution < -0.4 is 5.32 Å². The Morgan fingerprint density at radius 1 is 1.53 bits per heavy atom. The molecule has 1 unspecified atom stereocenters. The van der Waals surface area contributed by atoms with Gasteiger partial charge >= 0.3 is 5.97 Å². The summed E-state index contributed by atoms with van der Waals surface area (Å²) in [6.07, 6.45) is 5.27. The Bertz CT molecular complexity index is 462. The number of hydrogen-bond donors (Lipinski definition) is 2. The quantitative estimate of drug-likeness (QED) is 0.808. The monoisotopic (exact) mass is 266 g/mol. The highest BCUT2D eigenvalue weighted by Crippen LogP contribution is 2.37. The van der Waals surface area contributed by atoms with Crippen LogP contribution in [-0.4, -0.2) is 51.4 Å². The molecule has 19 heavy (non-hydrogen) atoms. The molecule has 7 heteroatoms. The summed E-state index contributed by atoms with van der Waals surface area (Å²) in [6, 6.07) is 0.187. The minimum absolute atomic E-state index is 0.00542. The minimum atomic E-state index is -1.03. The third-order valence-corrected chi connectivity index (χ3v) is 4.09. The van der Waals surface area contributed by atoms with Gasteiger partial charge in [0.25, 0.3) is 0 Å². The second-order valence-electron chi connectivity index (χ2n) is 5.32. The molecule has 3 heterocycles. The summed E-state index contributed by atoms with van der Waals surface area (Å²) in [4.78, 5) is 10.8. The molecule has 0 aromatic carbocycles. The second-order valence-corrected chi connectivity index (χ2v) is 5.32. The van der Waals surface area contributed by atoms with Crippen LogP contribution in [-0.2, 0) is 4.74 Å². The van der Waals surface area contributed by atoms with Crippen molar-refractivity contribution in [3.63, 3.8) is 0 Å². The molecule has 2 aliphatic heterocycles. The Labute approximate surface area is 110 Å². The Hall–Kier alpha value is -1.47. The van der Waals surface area contributed by atoms with E-state index in [0.717, 1.165) is 38.8 Å². The van der Waals surface area contributed by atoms with Gasteiger partial charge in [-0.3, -0.25) is 0 Å². The minimum Gasteiger partial charge on any atom is -0.476 e. The Kier molecular flexibility index (Phi) is 3.24. The van der Waals surface area contributed by atoms with Crippen LogP contribution >= 0.6 is 0 Å². The third kappa shape index (κ3) is 2.48. The van der Waals surface area contributed by atoms with E-state index < -0.39 is 5.97 Å². The van der Waals surface area contributed by atoms with Gasteiger partial charge in [-0.15, -0.1) is 5.10 Å². The van der Waals surface area contributed by atoms with Crippen molar-refractivity contribution >= 4 is 5.97 Å². The standard InChI is InChI=1S/C12H18N4O3/c17-11(18)10-8-16(15-14-10)9-1-6-19-12(7-9)2-4-13-5-3-12/h8-9,13H,1-7H2,(H,17,18). The van der Waals surface area contributed by atoms with E-state index in [4.69, 9.17) is 9.84 Å². The van der Waals surface area contributed by atoms with Crippen LogP contribution in [0.3, 0.4) is 0 Å². The molecule has 1 atom stereocenters. The summed E-state index contributed by atoms with van der Waals surface area (Å²) >= 11 is 0. The maximum atomic E-state index is 10.8. The predicted octanol–water partition coefficient (Wildman–Crippen LogP) is 0.450. The van der Waals surface area contributed by atoms with E-state index in [0.29, 0.717) is 6.61 Å². The van der Waals surface area contributed by atoms with Gasteiger partial charge in [0.15, 0.2) is 5.69 Å². The molecule has 0 saturated carbocycles. The highest BCUT2D eigenvalue weighted by Gasteiger charge is 2.39. The van der Waals surface area contributed by atoms with Crippen LogP contribution in [0.15, 0.2) is 6.20 Å². The van der Waals surface area contributed by atoms with E-state index >= 15 is 0 Å². The number of nitrogens with one attached hydrogen (secondary N) is 1. The molecule has 0 aliphatic carbocycles. The SMILES string of the molecule is O=C(O)c1cn(C2CCOC3(CCNCC3)C2)nn1. The van der Waals surface area contributed by atoms with Crippen LogP contribution in [0.4, 0.5) is 0 Å². The van der Waals surface area contributed by atoms with Crippen molar-refractivity contribution in [3.8, 4) is 0 Å². The zero-order valence-electron chi connectivity index (χ0n) is 10.7. The lowest BCUT2D eigenvalue weighted by atomic mass is 9.83. The molecule has 1 spiro atoms. The molecule has 1 aromatic heterocycles. The number of carboxylic acid groups (broad SMARTS) is 1. The molecular weight excluding hydrogens is 248 g/mol. The van der Waals surface area contributed by atoms with Crippen LogP contribution in [0, 0.1) is 0 Å². The lowest BCUT2D eigenvalue weighted by molar-refractivity contribution is -0.112. The largest absolute Gasteiger partial charge is 0.476 e. The lowest BCUT2D eigenvalue weighted by Gasteiger charge is -2.43. The van der Waals surface area contributed by atoms with Crippen molar-refractivity contribution < 1.29 is 14.6 Å². The number of aromatic nitrogens is 3. The fourth-order valence-corrected chi connectivity index (χ4v) is 3.01. The maximum absolute atomic E-state index is 10.8. The summed E-state index contributed by atoms with van der Waals surface area (Å²) in [5, 5.41) is 19.9. The average molecular weight is 266 g/mol. The molecule has 3 rings (SSSR count). The van der Waals surface area contributed by atoms with E-state index in [-0.39, 0.29) is 17.3 Å². The molecule has 2 fully saturated rings. The number of carbonyl (C=O) groups is 1. The Morgan fingerprint density at radius 2 is 2.32 bits per heavy atom. The summed E-state index contributed by atoms with van der Waals surface area (Å²) < 4.78 is 7.68. The van der Waals surface area contributed by atoms with E-state index in [2.05, 4.69) is 15.6 Å². The molecule has 7 nitrogen and oxygen atoms in total. The van der Waals surface area contributed by atoms with Gasteiger partial charge < -0.3 is 15.2 Å². The fourth-order valence-electron chi connectivity index (χ4n) is 3.01. The van der Waals surface area contributed by atoms with E-state index in [9.17, 15) is 4.79 Å². The summed E-state index contributed by atoms with van der Waals surface area (Å²) in [6.45, 7) is 2.65. The number of piperidine rings is 1. The molecule has 1 aromatic rings. The first-order valence-corrected chi connectivity index (χ1v) is 6.68. The Morgan fingerprint density at radius 3 is 3.00 bits per heavy atom. The highest BCUT2D eigenvalue weighted by atomic mass is 16.5. The van der Waals surface area contributed by atoms with Crippen molar-refractivity contribution in [2.75, 3.05) is 19.7 Å². The first kappa shape index (κ1) is 12.6. The van der Waals surface area contributed by atoms with E-state index in [1.807, 2.05) is 0 Å². The number of nitrogens with zero attached hydrogens (tertiary/aromatic N) is 3. The molecule has 0 bridgehead atoms. The Balaban J connectivity index is 1.75. The van der Waals surface area contributed by atoms with Crippen LogP contribution in [0.5, 0.6) is 0 Å². The van der Waals surface area contributed by atoms with Crippen molar-refractivity contribution in [1.82, 2.24) is 20.3 Å². The van der Waals surface area contributed by atoms with Gasteiger partial charge in [0, 0.05) is 6.61 Å². The molecule has 0 radical (unpaired) electrons. The number of aromatic carboxylic acids is 1. The van der Waals surface area contributed by atoms with Gasteiger partial charge in [0.1, 0.15) is 0 Å². The summed E-state index contributed by atoms with van der Waals surface area (Å²) in [5.74, 6) is -1.03. The first-order valence-electron chi connectivity index (χ1n) is 6.68. The van der Waals surface area contributed by atoms with Gasteiger partial charge in [-0.2, -0.15) is 0 Å². The van der Waals surface area contributed by atoms with Crippen LogP contribution in [0.2, 0.25) is 0 Å². The van der Waals surface area contributed by atoms with Gasteiger partial charge in [-0.05, 0) is 38.8 Å². The molecule has 0 amide bonds. The fraction of sp³-hybridized carbons (Fsp3) is 0.750. The third-order valence-electron chi connectivity index (χ3n) is 4.09. The van der Waals surface area contributed by atoms with Gasteiger partial charge in [0.05, 0.1) is 17.8 Å². The molecule has 104 valence electrons. The predicted molar refractivity (Wildman–Crippen MR) is 66.0 cm³/mol. The van der Waals surface area contributed by atoms with Crippen molar-refractivity contribution in [2.24, 2.45) is 0 Å². The van der Waals surface area contributed by atoms with E-state index in [1.165, 1.54) is 6.20 Å². The highest BCUT2D eigenvalue weighted by molar-refractivity contribution is 5.84. The van der Waals surface area contributed by atoms with E-state index in [1.54, 1.807) is 4.68 Å². The molecule has 2 saturated heterocycles. The lowest BCUT2D eigenvalue weighted by Crippen LogP contribution is -2.48. The van der Waals surface area contributed by atoms with Crippen molar-refractivity contribution in [1.29, 1.82) is 0 Å². The van der Waals surface area contributed by atoms with Crippen LogP contribution in [0.1, 0.15) is 42.2 Å². The second kappa shape index (κ2) is 4.90. The van der Waals surface area contributed by atoms with Gasteiger partial charge in [-0.25, -0.2) is 9.48 Å². The normalized spacial score (nSPS) is 26.4. The van der Waals surface area contributed by atoms with Crippen molar-refractivity contribution in [2.45, 2.75) is 37.3 Å². The van der Waals surface area contributed by atoms with Crippen molar-refractivity contribution in [3.05, 3.63) is 11.9 Å². The van der Waals surface area contributed by atoms with Crippen LogP contribution in [0.25, 0.3) is 0 Å². The average Bonchev–Trinajstić information content (AvgIpc) is 2.89. The number of carboxylic acids is 1. The molecular formula is C12H18N4O3. The maximum Gasteiger partial charge on any atom is 0.358 e. The molecule has 2 N–H and O–H groups in total. The van der Waals surface area contributed by atoms with Gasteiger partial charge in [0.2, 0.25) is 0 Å². The number of hydrogen-bond acceptors (Lipinski definition) is 5. The smallest absolute Gasteiger partial charge is 0.358 e.